The van der Waals surface area contributed by atoms with E-state index < -0.39 is 11.7 Å². The average Bonchev–Trinajstić information content (AvgIpc) is 2.91. The van der Waals surface area contributed by atoms with Gasteiger partial charge in [0, 0.05) is 37.9 Å². The van der Waals surface area contributed by atoms with Gasteiger partial charge in [0.1, 0.15) is 5.82 Å². The molecule has 6 nitrogen and oxygen atoms in total. The number of halogens is 1. The van der Waals surface area contributed by atoms with Crippen molar-refractivity contribution in [3.05, 3.63) is 47.0 Å². The van der Waals surface area contributed by atoms with E-state index in [4.69, 9.17) is 0 Å². The van der Waals surface area contributed by atoms with Gasteiger partial charge in [-0.1, -0.05) is 0 Å². The maximum absolute atomic E-state index is 13.6. The third-order valence-electron chi connectivity index (χ3n) is 4.69. The van der Waals surface area contributed by atoms with Crippen LogP contribution in [-0.4, -0.2) is 40.1 Å². The van der Waals surface area contributed by atoms with Crippen LogP contribution in [0, 0.1) is 19.7 Å². The van der Waals surface area contributed by atoms with E-state index in [1.54, 1.807) is 11.9 Å². The highest BCUT2D eigenvalue weighted by molar-refractivity contribution is 6.01. The van der Waals surface area contributed by atoms with Gasteiger partial charge in [0.25, 0.3) is 0 Å². The number of aryl methyl sites for hydroxylation is 3. The van der Waals surface area contributed by atoms with Crippen molar-refractivity contribution >= 4 is 17.5 Å². The van der Waals surface area contributed by atoms with Crippen LogP contribution in [0.1, 0.15) is 35.7 Å². The lowest BCUT2D eigenvalue weighted by Crippen LogP contribution is -2.37. The highest BCUT2D eigenvalue weighted by Crippen LogP contribution is 2.33. The number of carbonyl (C=O) groups excluding carboxylic acids is 2. The van der Waals surface area contributed by atoms with E-state index in [1.807, 2.05) is 24.6 Å². The lowest BCUT2D eigenvalue weighted by atomic mass is 9.89. The number of likely N-dealkylation sites (N-methyl/N-ethyl adjacent to an activating group) is 1. The predicted octanol–water partition coefficient (Wildman–Crippen LogP) is 2.61. The molecular weight excluding hydrogens is 335 g/mol. The largest absolute Gasteiger partial charge is 0.345 e. The third kappa shape index (κ3) is 3.76. The first kappa shape index (κ1) is 18.1. The number of hydrogen-bond acceptors (Lipinski definition) is 3. The van der Waals surface area contributed by atoms with Gasteiger partial charge in [-0.05, 0) is 50.1 Å². The lowest BCUT2D eigenvalue weighted by molar-refractivity contribution is -0.133. The van der Waals surface area contributed by atoms with Crippen molar-refractivity contribution in [2.45, 2.75) is 39.2 Å². The molecule has 2 aromatic rings. The Morgan fingerprint density at radius 2 is 2.15 bits per heavy atom. The van der Waals surface area contributed by atoms with Crippen molar-refractivity contribution in [3.63, 3.8) is 0 Å². The highest BCUT2D eigenvalue weighted by Gasteiger charge is 2.32. The fraction of sp³-hybridized carbons (Fsp3) is 0.421. The second-order valence-corrected chi connectivity index (χ2v) is 6.80. The summed E-state index contributed by atoms with van der Waals surface area (Å²) in [6.07, 6.45) is 0.788. The van der Waals surface area contributed by atoms with Crippen molar-refractivity contribution in [3.8, 4) is 0 Å². The molecule has 0 radical (unpaired) electrons. The van der Waals surface area contributed by atoms with Gasteiger partial charge in [-0.25, -0.2) is 4.39 Å². The summed E-state index contributed by atoms with van der Waals surface area (Å²) in [5, 5.41) is 7.11. The number of rotatable bonds is 5. The monoisotopic (exact) mass is 358 g/mol. The van der Waals surface area contributed by atoms with Crippen molar-refractivity contribution in [1.82, 2.24) is 14.7 Å². The minimum absolute atomic E-state index is 0.0388. The van der Waals surface area contributed by atoms with Crippen molar-refractivity contribution in [2.75, 3.05) is 18.9 Å². The van der Waals surface area contributed by atoms with Gasteiger partial charge in [-0.2, -0.15) is 5.10 Å². The molecule has 1 aliphatic heterocycles. The number of amides is 2. The fourth-order valence-corrected chi connectivity index (χ4v) is 3.39. The van der Waals surface area contributed by atoms with Crippen LogP contribution in [0.2, 0.25) is 0 Å². The first-order chi connectivity index (χ1) is 12.3. The first-order valence-corrected chi connectivity index (χ1v) is 8.70. The summed E-state index contributed by atoms with van der Waals surface area (Å²) in [6, 6.07) is 6.14. The third-order valence-corrected chi connectivity index (χ3v) is 4.69. The zero-order valence-corrected chi connectivity index (χ0v) is 15.3. The molecule has 0 saturated heterocycles. The number of benzene rings is 1. The molecule has 2 heterocycles. The van der Waals surface area contributed by atoms with E-state index in [9.17, 15) is 14.0 Å². The van der Waals surface area contributed by atoms with Crippen LogP contribution >= 0.6 is 0 Å². The molecule has 1 N–H and O–H groups in total. The Hall–Kier alpha value is -2.70. The quantitative estimate of drug-likeness (QED) is 0.893. The van der Waals surface area contributed by atoms with Gasteiger partial charge < -0.3 is 10.2 Å². The maximum atomic E-state index is 13.6. The normalized spacial score (nSPS) is 16.2. The molecule has 3 rings (SSSR count). The number of anilines is 1. The van der Waals surface area contributed by atoms with Gasteiger partial charge in [0.15, 0.2) is 0 Å². The summed E-state index contributed by atoms with van der Waals surface area (Å²) >= 11 is 0. The predicted molar refractivity (Wildman–Crippen MR) is 96.3 cm³/mol. The molecule has 26 heavy (non-hydrogen) atoms. The average molecular weight is 358 g/mol. The summed E-state index contributed by atoms with van der Waals surface area (Å²) in [6.45, 7) is 5.21. The van der Waals surface area contributed by atoms with Gasteiger partial charge >= 0.3 is 0 Å². The van der Waals surface area contributed by atoms with Gasteiger partial charge in [0.2, 0.25) is 11.8 Å². The standard InChI is InChI=1S/C19H23FN4O2/c1-12-9-13(2)24(22-12)8-4-7-23(3)19(26)16-11-18(25)21-17-6-5-14(20)10-15(16)17/h5-6,9-10,16H,4,7-8,11H2,1-3H3,(H,21,25)/t16-/m1/s1. The van der Waals surface area contributed by atoms with E-state index in [-0.39, 0.29) is 18.2 Å². The molecule has 0 unspecified atom stereocenters. The molecular formula is C19H23FN4O2. The van der Waals surface area contributed by atoms with E-state index in [0.29, 0.717) is 24.3 Å². The van der Waals surface area contributed by atoms with Crippen LogP contribution < -0.4 is 5.32 Å². The number of aromatic nitrogens is 2. The van der Waals surface area contributed by atoms with Crippen LogP contribution in [0.3, 0.4) is 0 Å². The second kappa shape index (κ2) is 7.27. The minimum Gasteiger partial charge on any atom is -0.345 e. The Kier molecular flexibility index (Phi) is 5.06. The molecule has 1 aromatic carbocycles. The van der Waals surface area contributed by atoms with E-state index in [0.717, 1.165) is 17.8 Å². The Morgan fingerprint density at radius 1 is 1.38 bits per heavy atom. The van der Waals surface area contributed by atoms with Crippen molar-refractivity contribution in [2.24, 2.45) is 0 Å². The molecule has 0 fully saturated rings. The molecule has 7 heteroatoms. The number of fused-ring (bicyclic) bond motifs is 1. The fourth-order valence-electron chi connectivity index (χ4n) is 3.39. The van der Waals surface area contributed by atoms with Crippen molar-refractivity contribution in [1.29, 1.82) is 0 Å². The zero-order valence-electron chi connectivity index (χ0n) is 15.3. The summed E-state index contributed by atoms with van der Waals surface area (Å²) < 4.78 is 15.5. The highest BCUT2D eigenvalue weighted by atomic mass is 19.1. The topological polar surface area (TPSA) is 67.2 Å². The minimum atomic E-state index is -0.645. The molecule has 0 bridgehead atoms. The van der Waals surface area contributed by atoms with E-state index in [2.05, 4.69) is 10.4 Å². The van der Waals surface area contributed by atoms with Gasteiger partial charge in [-0.3, -0.25) is 14.3 Å². The van der Waals surface area contributed by atoms with Crippen molar-refractivity contribution < 1.29 is 14.0 Å². The SMILES string of the molecule is Cc1cc(C)n(CCCN(C)C(=O)[C@@H]2CC(=O)Nc3ccc(F)cc32)n1. The van der Waals surface area contributed by atoms with Gasteiger partial charge in [-0.15, -0.1) is 0 Å². The molecule has 2 amide bonds. The first-order valence-electron chi connectivity index (χ1n) is 8.70. The van der Waals surface area contributed by atoms with Crippen LogP contribution in [0.5, 0.6) is 0 Å². The summed E-state index contributed by atoms with van der Waals surface area (Å²) in [7, 11) is 1.72. The zero-order chi connectivity index (χ0) is 18.8. The Morgan fingerprint density at radius 3 is 2.85 bits per heavy atom. The Bertz CT molecular complexity index is 846. The number of hydrogen-bond donors (Lipinski definition) is 1. The van der Waals surface area contributed by atoms with Crippen LogP contribution in [-0.2, 0) is 16.1 Å². The second-order valence-electron chi connectivity index (χ2n) is 6.80. The number of carbonyl (C=O) groups is 2. The van der Waals surface area contributed by atoms with Crippen LogP contribution in [0.15, 0.2) is 24.3 Å². The molecule has 1 aromatic heterocycles. The Balaban J connectivity index is 1.66. The smallest absolute Gasteiger partial charge is 0.230 e. The summed E-state index contributed by atoms with van der Waals surface area (Å²) in [5.74, 6) is -1.45. The molecule has 1 atom stereocenters. The Labute approximate surface area is 152 Å². The molecule has 0 spiro atoms. The molecule has 1 aliphatic rings. The van der Waals surface area contributed by atoms with E-state index >= 15 is 0 Å². The molecule has 138 valence electrons. The van der Waals surface area contributed by atoms with Crippen LogP contribution in [0.25, 0.3) is 0 Å². The maximum Gasteiger partial charge on any atom is 0.230 e. The number of nitrogens with one attached hydrogen (secondary N) is 1. The van der Waals surface area contributed by atoms with Gasteiger partial charge in [0.05, 0.1) is 11.6 Å². The molecule has 0 aliphatic carbocycles. The summed E-state index contributed by atoms with van der Waals surface area (Å²) in [4.78, 5) is 26.3. The number of nitrogens with zero attached hydrogens (tertiary/aromatic N) is 3. The van der Waals surface area contributed by atoms with Crippen LogP contribution in [0.4, 0.5) is 10.1 Å². The molecule has 0 saturated carbocycles. The lowest BCUT2D eigenvalue weighted by Gasteiger charge is -2.28. The summed E-state index contributed by atoms with van der Waals surface area (Å²) in [5.41, 5.74) is 3.11. The van der Waals surface area contributed by atoms with E-state index in [1.165, 1.54) is 18.2 Å².